The summed E-state index contributed by atoms with van der Waals surface area (Å²) < 4.78 is 18.4. The number of nitrogens with one attached hydrogen (secondary N) is 1. The van der Waals surface area contributed by atoms with Crippen LogP contribution in [0.15, 0.2) is 23.0 Å². The molecule has 0 saturated carbocycles. The summed E-state index contributed by atoms with van der Waals surface area (Å²) in [5, 5.41) is 6.70. The minimum atomic E-state index is -0.290. The fraction of sp³-hybridized carbons (Fsp3) is 0.200. The van der Waals surface area contributed by atoms with Gasteiger partial charge in [0.1, 0.15) is 5.82 Å². The number of nitrogen functional groups attached to an aromatic ring is 1. The lowest BCUT2D eigenvalue weighted by Gasteiger charge is -2.09. The Morgan fingerprint density at radius 2 is 2.29 bits per heavy atom. The van der Waals surface area contributed by atoms with E-state index in [-0.39, 0.29) is 5.82 Å². The third-order valence-electron chi connectivity index (χ3n) is 2.16. The first kappa shape index (κ1) is 12.1. The summed E-state index contributed by atoms with van der Waals surface area (Å²) in [7, 11) is 0. The molecule has 0 radical (unpaired) electrons. The minimum Gasteiger partial charge on any atom is -0.397 e. The number of hydrogen-bond acceptors (Lipinski definition) is 5. The molecule has 3 N–H and O–H groups in total. The predicted molar refractivity (Wildman–Crippen MR) is 70.0 cm³/mol. The van der Waals surface area contributed by atoms with E-state index in [2.05, 4.69) is 20.0 Å². The maximum atomic E-state index is 13.3. The van der Waals surface area contributed by atoms with Gasteiger partial charge >= 0.3 is 0 Å². The van der Waals surface area contributed by atoms with Crippen molar-refractivity contribution in [3.8, 4) is 0 Å². The number of anilines is 2. The zero-order valence-corrected chi connectivity index (χ0v) is 10.9. The van der Waals surface area contributed by atoms with E-state index in [1.54, 1.807) is 6.07 Å². The molecular weight excluding hydrogens is 338 g/mol. The summed E-state index contributed by atoms with van der Waals surface area (Å²) in [6.07, 6.45) is 1.86. The van der Waals surface area contributed by atoms with Crippen LogP contribution < -0.4 is 11.1 Å². The average Bonchev–Trinajstić information content (AvgIpc) is 2.78. The van der Waals surface area contributed by atoms with Crippen molar-refractivity contribution in [2.45, 2.75) is 6.42 Å². The Balaban J connectivity index is 1.97. The summed E-state index contributed by atoms with van der Waals surface area (Å²) in [6.45, 7) is 0.559. The van der Waals surface area contributed by atoms with Gasteiger partial charge in [0.15, 0.2) is 5.82 Å². The second-order valence-electron chi connectivity index (χ2n) is 3.38. The zero-order chi connectivity index (χ0) is 12.3. The van der Waals surface area contributed by atoms with Crippen LogP contribution in [0.2, 0.25) is 0 Å². The summed E-state index contributed by atoms with van der Waals surface area (Å²) in [6, 6.07) is 2.97. The third-order valence-corrected chi connectivity index (χ3v) is 2.99. The van der Waals surface area contributed by atoms with Gasteiger partial charge in [-0.15, -0.1) is 0 Å². The molecule has 0 saturated heterocycles. The Bertz CT molecular complexity index is 503. The van der Waals surface area contributed by atoms with Gasteiger partial charge in [-0.2, -0.15) is 4.98 Å². The Morgan fingerprint density at radius 1 is 1.47 bits per heavy atom. The van der Waals surface area contributed by atoms with Crippen LogP contribution in [-0.4, -0.2) is 16.7 Å². The molecular formula is C10H10FIN4O. The van der Waals surface area contributed by atoms with Crippen molar-refractivity contribution in [3.63, 3.8) is 0 Å². The number of rotatable bonds is 4. The van der Waals surface area contributed by atoms with Crippen LogP contribution in [0.5, 0.6) is 0 Å². The van der Waals surface area contributed by atoms with Gasteiger partial charge in [-0.25, -0.2) is 4.39 Å². The van der Waals surface area contributed by atoms with E-state index >= 15 is 0 Å². The molecule has 1 aromatic heterocycles. The molecule has 0 spiro atoms. The van der Waals surface area contributed by atoms with E-state index in [1.807, 2.05) is 22.6 Å². The van der Waals surface area contributed by atoms with Crippen LogP contribution in [-0.2, 0) is 6.42 Å². The number of benzene rings is 1. The summed E-state index contributed by atoms with van der Waals surface area (Å²) in [4.78, 5) is 3.88. The molecule has 0 aliphatic heterocycles. The van der Waals surface area contributed by atoms with Crippen LogP contribution in [0.1, 0.15) is 5.82 Å². The molecule has 0 bridgehead atoms. The molecule has 0 fully saturated rings. The lowest BCUT2D eigenvalue weighted by molar-refractivity contribution is 0.410. The summed E-state index contributed by atoms with van der Waals surface area (Å²) in [5.41, 5.74) is 6.86. The van der Waals surface area contributed by atoms with Crippen LogP contribution >= 0.6 is 22.6 Å². The van der Waals surface area contributed by atoms with Crippen molar-refractivity contribution in [1.29, 1.82) is 0 Å². The first-order valence-corrected chi connectivity index (χ1v) is 5.98. The van der Waals surface area contributed by atoms with Crippen molar-refractivity contribution in [2.24, 2.45) is 0 Å². The van der Waals surface area contributed by atoms with Crippen LogP contribution in [0, 0.1) is 9.39 Å². The summed E-state index contributed by atoms with van der Waals surface area (Å²) >= 11 is 1.90. The van der Waals surface area contributed by atoms with Crippen molar-refractivity contribution >= 4 is 34.0 Å². The highest BCUT2D eigenvalue weighted by atomic mass is 127. The van der Waals surface area contributed by atoms with Gasteiger partial charge in [0.25, 0.3) is 0 Å². The molecule has 0 aliphatic rings. The Kier molecular flexibility index (Phi) is 3.77. The second-order valence-corrected chi connectivity index (χ2v) is 4.54. The first-order valence-electron chi connectivity index (χ1n) is 4.90. The third kappa shape index (κ3) is 3.05. The highest BCUT2D eigenvalue weighted by molar-refractivity contribution is 14.1. The molecule has 1 heterocycles. The van der Waals surface area contributed by atoms with Crippen molar-refractivity contribution < 1.29 is 8.91 Å². The standard InChI is InChI=1S/C10H10FIN4O/c11-6-3-9(8(13)4-7(6)12)14-2-1-10-15-5-17-16-10/h3-5,14H,1-2,13H2. The van der Waals surface area contributed by atoms with Gasteiger partial charge < -0.3 is 15.6 Å². The van der Waals surface area contributed by atoms with E-state index in [0.717, 1.165) is 0 Å². The molecule has 5 nitrogen and oxygen atoms in total. The highest BCUT2D eigenvalue weighted by Gasteiger charge is 2.06. The highest BCUT2D eigenvalue weighted by Crippen LogP contribution is 2.23. The maximum absolute atomic E-state index is 13.3. The molecule has 7 heteroatoms. The lowest BCUT2D eigenvalue weighted by atomic mass is 10.2. The molecule has 17 heavy (non-hydrogen) atoms. The fourth-order valence-electron chi connectivity index (χ4n) is 1.33. The quantitative estimate of drug-likeness (QED) is 0.653. The first-order chi connectivity index (χ1) is 8.16. The van der Waals surface area contributed by atoms with E-state index in [9.17, 15) is 4.39 Å². The molecule has 0 atom stereocenters. The van der Waals surface area contributed by atoms with E-state index in [1.165, 1.54) is 12.5 Å². The Labute approximate surface area is 111 Å². The summed E-state index contributed by atoms with van der Waals surface area (Å²) in [5.74, 6) is 0.309. The predicted octanol–water partition coefficient (Wildman–Crippen LogP) is 2.05. The monoisotopic (exact) mass is 348 g/mol. The van der Waals surface area contributed by atoms with E-state index in [4.69, 9.17) is 5.73 Å². The molecule has 1 aromatic carbocycles. The van der Waals surface area contributed by atoms with E-state index < -0.39 is 0 Å². The van der Waals surface area contributed by atoms with Crippen molar-refractivity contribution in [2.75, 3.05) is 17.6 Å². The smallest absolute Gasteiger partial charge is 0.213 e. The van der Waals surface area contributed by atoms with Gasteiger partial charge in [-0.05, 0) is 28.7 Å². The largest absolute Gasteiger partial charge is 0.397 e. The Hall–Kier alpha value is -1.38. The van der Waals surface area contributed by atoms with Gasteiger partial charge in [0.2, 0.25) is 6.39 Å². The minimum absolute atomic E-state index is 0.290. The van der Waals surface area contributed by atoms with Gasteiger partial charge in [-0.1, -0.05) is 5.16 Å². The molecule has 0 aliphatic carbocycles. The zero-order valence-electron chi connectivity index (χ0n) is 8.78. The molecule has 90 valence electrons. The van der Waals surface area contributed by atoms with E-state index in [0.29, 0.717) is 33.7 Å². The molecule has 0 unspecified atom stereocenters. The number of hydrogen-bond donors (Lipinski definition) is 2. The van der Waals surface area contributed by atoms with Gasteiger partial charge in [0.05, 0.1) is 14.9 Å². The average molecular weight is 348 g/mol. The van der Waals surface area contributed by atoms with Crippen molar-refractivity contribution in [1.82, 2.24) is 10.1 Å². The van der Waals surface area contributed by atoms with Gasteiger partial charge in [0, 0.05) is 19.0 Å². The molecule has 2 aromatic rings. The topological polar surface area (TPSA) is 77.0 Å². The number of nitrogens with two attached hydrogens (primary N) is 1. The Morgan fingerprint density at radius 3 is 3.00 bits per heavy atom. The van der Waals surface area contributed by atoms with Crippen LogP contribution in [0.3, 0.4) is 0 Å². The molecule has 2 rings (SSSR count). The normalized spacial score (nSPS) is 10.5. The number of aromatic nitrogens is 2. The number of halogens is 2. The molecule has 0 amide bonds. The van der Waals surface area contributed by atoms with Gasteiger partial charge in [-0.3, -0.25) is 0 Å². The second kappa shape index (κ2) is 5.30. The van der Waals surface area contributed by atoms with Crippen molar-refractivity contribution in [3.05, 3.63) is 33.7 Å². The lowest BCUT2D eigenvalue weighted by Crippen LogP contribution is -2.08. The fourth-order valence-corrected chi connectivity index (χ4v) is 1.82. The SMILES string of the molecule is Nc1cc(I)c(F)cc1NCCc1ncon1. The maximum Gasteiger partial charge on any atom is 0.213 e. The number of nitrogens with zero attached hydrogens (tertiary/aromatic N) is 2. The van der Waals surface area contributed by atoms with Crippen LogP contribution in [0.25, 0.3) is 0 Å². The van der Waals surface area contributed by atoms with Crippen LogP contribution in [0.4, 0.5) is 15.8 Å².